The number of amides is 1. The Balaban J connectivity index is 2.85. The molecule has 0 aliphatic heterocycles. The molecule has 2 N–H and O–H groups in total. The van der Waals surface area contributed by atoms with E-state index >= 15 is 0 Å². The summed E-state index contributed by atoms with van der Waals surface area (Å²) in [4.78, 5) is 25.2. The number of hydrogen-bond acceptors (Lipinski definition) is 4. The van der Waals surface area contributed by atoms with E-state index in [0.29, 0.717) is 24.2 Å². The largest absolute Gasteiger partial charge is 0.480 e. The monoisotopic (exact) mass is 310 g/mol. The number of aromatic nitrogens is 1. The molecule has 112 valence electrons. The molecule has 0 saturated carbocycles. The molecule has 0 aromatic carbocycles. The summed E-state index contributed by atoms with van der Waals surface area (Å²) in [6.07, 6.45) is -3.31. The lowest BCUT2D eigenvalue weighted by Gasteiger charge is -2.14. The Morgan fingerprint density at radius 3 is 2.65 bits per heavy atom. The van der Waals surface area contributed by atoms with Gasteiger partial charge in [0.05, 0.1) is 5.51 Å². The summed E-state index contributed by atoms with van der Waals surface area (Å²) in [7, 11) is 0. The highest BCUT2D eigenvalue weighted by Gasteiger charge is 2.38. The van der Waals surface area contributed by atoms with E-state index in [1.807, 2.05) is 6.92 Å². The number of carboxylic acids is 1. The van der Waals surface area contributed by atoms with Gasteiger partial charge in [0.25, 0.3) is 5.91 Å². The van der Waals surface area contributed by atoms with Crippen LogP contribution in [0.15, 0.2) is 5.51 Å². The molecule has 20 heavy (non-hydrogen) atoms. The molecule has 0 spiro atoms. The number of thiazole rings is 1. The number of hydrogen-bond donors (Lipinski definition) is 2. The number of rotatable bonds is 6. The lowest BCUT2D eigenvalue weighted by molar-refractivity contribution is -0.141. The van der Waals surface area contributed by atoms with Crippen LogP contribution in [-0.2, 0) is 11.0 Å². The maximum absolute atomic E-state index is 12.6. The molecule has 0 bridgehead atoms. The molecule has 1 rings (SSSR count). The summed E-state index contributed by atoms with van der Waals surface area (Å²) in [5.74, 6) is -2.34. The van der Waals surface area contributed by atoms with Crippen molar-refractivity contribution in [2.24, 2.45) is 0 Å². The number of alkyl halides is 3. The molecule has 0 fully saturated rings. The van der Waals surface area contributed by atoms with Gasteiger partial charge in [-0.3, -0.25) is 4.79 Å². The molecule has 1 atom stereocenters. The van der Waals surface area contributed by atoms with Crippen LogP contribution in [0.3, 0.4) is 0 Å². The molecular weight excluding hydrogens is 297 g/mol. The third-order valence-electron chi connectivity index (χ3n) is 2.49. The van der Waals surface area contributed by atoms with Gasteiger partial charge in [-0.15, -0.1) is 11.3 Å². The maximum atomic E-state index is 12.6. The van der Waals surface area contributed by atoms with Crippen LogP contribution in [0.1, 0.15) is 41.6 Å². The van der Waals surface area contributed by atoms with Crippen molar-refractivity contribution in [3.8, 4) is 0 Å². The molecule has 0 aliphatic rings. The van der Waals surface area contributed by atoms with E-state index in [2.05, 4.69) is 10.3 Å². The zero-order valence-corrected chi connectivity index (χ0v) is 11.3. The molecule has 5 nitrogen and oxygen atoms in total. The fourth-order valence-electron chi connectivity index (χ4n) is 1.50. The first-order valence-electron chi connectivity index (χ1n) is 5.81. The Labute approximate surface area is 116 Å². The van der Waals surface area contributed by atoms with E-state index in [1.54, 1.807) is 0 Å². The van der Waals surface area contributed by atoms with Gasteiger partial charge in [-0.05, 0) is 6.42 Å². The minimum absolute atomic E-state index is 0.164. The van der Waals surface area contributed by atoms with Crippen molar-refractivity contribution in [3.63, 3.8) is 0 Å². The minimum Gasteiger partial charge on any atom is -0.480 e. The van der Waals surface area contributed by atoms with Crippen molar-refractivity contribution < 1.29 is 27.9 Å². The van der Waals surface area contributed by atoms with Gasteiger partial charge in [-0.25, -0.2) is 9.78 Å². The minimum atomic E-state index is -4.74. The lowest BCUT2D eigenvalue weighted by Crippen LogP contribution is -2.41. The highest BCUT2D eigenvalue weighted by Crippen LogP contribution is 2.32. The topological polar surface area (TPSA) is 79.3 Å². The van der Waals surface area contributed by atoms with Crippen LogP contribution < -0.4 is 5.32 Å². The summed E-state index contributed by atoms with van der Waals surface area (Å²) in [6.45, 7) is 1.84. The number of nitrogens with zero attached hydrogens (tertiary/aromatic N) is 1. The zero-order valence-electron chi connectivity index (χ0n) is 10.5. The van der Waals surface area contributed by atoms with E-state index < -0.39 is 34.7 Å². The van der Waals surface area contributed by atoms with Crippen molar-refractivity contribution in [1.82, 2.24) is 10.3 Å². The van der Waals surface area contributed by atoms with Gasteiger partial charge in [0.15, 0.2) is 5.69 Å². The van der Waals surface area contributed by atoms with E-state index in [4.69, 9.17) is 5.11 Å². The second kappa shape index (κ2) is 6.69. The average molecular weight is 310 g/mol. The Bertz CT molecular complexity index is 488. The zero-order chi connectivity index (χ0) is 15.3. The summed E-state index contributed by atoms with van der Waals surface area (Å²) < 4.78 is 37.8. The number of carbonyl (C=O) groups excluding carboxylic acids is 1. The Morgan fingerprint density at radius 1 is 1.50 bits per heavy atom. The highest BCUT2D eigenvalue weighted by molar-refractivity contribution is 7.11. The SMILES string of the molecule is CCCCC(NC(=O)c1scnc1C(F)(F)F)C(=O)O. The van der Waals surface area contributed by atoms with Gasteiger partial charge in [-0.2, -0.15) is 13.2 Å². The smallest absolute Gasteiger partial charge is 0.434 e. The first-order chi connectivity index (χ1) is 9.27. The number of nitrogens with one attached hydrogen (secondary N) is 1. The summed E-state index contributed by atoms with van der Waals surface area (Å²) >= 11 is 0.526. The quantitative estimate of drug-likeness (QED) is 0.846. The summed E-state index contributed by atoms with van der Waals surface area (Å²) in [6, 6.07) is -1.20. The first kappa shape index (κ1) is 16.4. The first-order valence-corrected chi connectivity index (χ1v) is 6.69. The molecule has 0 radical (unpaired) electrons. The Morgan fingerprint density at radius 2 is 2.15 bits per heavy atom. The normalized spacial score (nSPS) is 13.0. The van der Waals surface area contributed by atoms with Gasteiger partial charge in [0.2, 0.25) is 0 Å². The molecule has 1 amide bonds. The van der Waals surface area contributed by atoms with Gasteiger partial charge < -0.3 is 10.4 Å². The number of halogens is 3. The number of carbonyl (C=O) groups is 2. The van der Waals surface area contributed by atoms with Gasteiger partial charge in [0, 0.05) is 0 Å². The Hall–Kier alpha value is -1.64. The van der Waals surface area contributed by atoms with Crippen LogP contribution in [0.2, 0.25) is 0 Å². The predicted molar refractivity (Wildman–Crippen MR) is 65.5 cm³/mol. The fourth-order valence-corrected chi connectivity index (χ4v) is 2.21. The number of unbranched alkanes of at least 4 members (excludes halogenated alkanes) is 1. The van der Waals surface area contributed by atoms with E-state index in [9.17, 15) is 22.8 Å². The summed E-state index contributed by atoms with van der Waals surface area (Å²) in [5, 5.41) is 11.0. The third kappa shape index (κ3) is 4.19. The molecule has 1 unspecified atom stereocenters. The third-order valence-corrected chi connectivity index (χ3v) is 3.32. The van der Waals surface area contributed by atoms with Crippen LogP contribution in [0.4, 0.5) is 13.2 Å². The van der Waals surface area contributed by atoms with Crippen molar-refractivity contribution >= 4 is 23.2 Å². The van der Waals surface area contributed by atoms with E-state index in [-0.39, 0.29) is 6.42 Å². The van der Waals surface area contributed by atoms with Crippen LogP contribution in [-0.4, -0.2) is 28.0 Å². The van der Waals surface area contributed by atoms with Crippen molar-refractivity contribution in [2.45, 2.75) is 38.4 Å². The van der Waals surface area contributed by atoms with Crippen molar-refractivity contribution in [3.05, 3.63) is 16.1 Å². The standard InChI is InChI=1S/C11H13F3N2O3S/c1-2-3-4-6(10(18)19)16-9(17)7-8(11(12,13)14)15-5-20-7/h5-6H,2-4H2,1H3,(H,16,17)(H,18,19). The maximum Gasteiger partial charge on any atom is 0.434 e. The molecule has 1 aromatic heterocycles. The van der Waals surface area contributed by atoms with Crippen molar-refractivity contribution in [1.29, 1.82) is 0 Å². The lowest BCUT2D eigenvalue weighted by atomic mass is 10.1. The highest BCUT2D eigenvalue weighted by atomic mass is 32.1. The fraction of sp³-hybridized carbons (Fsp3) is 0.545. The molecule has 1 aromatic rings. The second-order valence-electron chi connectivity index (χ2n) is 4.03. The average Bonchev–Trinajstić information content (AvgIpc) is 2.82. The van der Waals surface area contributed by atoms with Crippen LogP contribution in [0.5, 0.6) is 0 Å². The van der Waals surface area contributed by atoms with Crippen LogP contribution >= 0.6 is 11.3 Å². The number of aliphatic carboxylic acids is 1. The molecule has 0 saturated heterocycles. The van der Waals surface area contributed by atoms with E-state index in [0.717, 1.165) is 5.51 Å². The Kier molecular flexibility index (Phi) is 5.49. The van der Waals surface area contributed by atoms with E-state index in [1.165, 1.54) is 0 Å². The molecule has 0 aliphatic carbocycles. The molecule has 9 heteroatoms. The van der Waals surface area contributed by atoms with Crippen LogP contribution in [0.25, 0.3) is 0 Å². The molecule has 1 heterocycles. The van der Waals surface area contributed by atoms with Crippen LogP contribution in [0, 0.1) is 0 Å². The summed E-state index contributed by atoms with van der Waals surface area (Å²) in [5.41, 5.74) is -0.390. The molecular formula is C11H13F3N2O3S. The van der Waals surface area contributed by atoms with Gasteiger partial charge in [0.1, 0.15) is 10.9 Å². The van der Waals surface area contributed by atoms with Gasteiger partial charge >= 0.3 is 12.1 Å². The van der Waals surface area contributed by atoms with Gasteiger partial charge in [-0.1, -0.05) is 19.8 Å². The van der Waals surface area contributed by atoms with Crippen molar-refractivity contribution in [2.75, 3.05) is 0 Å². The number of carboxylic acid groups (broad SMARTS) is 1. The predicted octanol–water partition coefficient (Wildman–Crippen LogP) is 2.54. The second-order valence-corrected chi connectivity index (χ2v) is 4.89.